The van der Waals surface area contributed by atoms with Crippen LogP contribution >= 0.6 is 45.5 Å². The number of nitrogens with one attached hydrogen (secondary N) is 1. The molecule has 0 saturated carbocycles. The molecule has 0 aliphatic rings. The van der Waals surface area contributed by atoms with Crippen molar-refractivity contribution in [3.8, 4) is 0 Å². The van der Waals surface area contributed by atoms with E-state index in [1.807, 2.05) is 13.0 Å². The van der Waals surface area contributed by atoms with Gasteiger partial charge in [0.1, 0.15) is 5.82 Å². The fraction of sp³-hybridized carbons (Fsp3) is 0.333. The lowest BCUT2D eigenvalue weighted by Gasteiger charge is -2.19. The first-order chi connectivity index (χ1) is 9.52. The van der Waals surface area contributed by atoms with Crippen molar-refractivity contribution in [1.29, 1.82) is 0 Å². The Balaban J connectivity index is 2.41. The molecular formula is C15H16ClFINS. The third-order valence-electron chi connectivity index (χ3n) is 3.03. The number of benzene rings is 1. The molecule has 0 bridgehead atoms. The smallest absolute Gasteiger partial charge is 0.124 e. The Morgan fingerprint density at radius 3 is 2.70 bits per heavy atom. The summed E-state index contributed by atoms with van der Waals surface area (Å²) in [4.78, 5) is 1.17. The van der Waals surface area contributed by atoms with Gasteiger partial charge in [0.05, 0.1) is 10.4 Å². The molecule has 2 rings (SSSR count). The maximum Gasteiger partial charge on any atom is 0.124 e. The summed E-state index contributed by atoms with van der Waals surface area (Å²) in [6, 6.07) is 7.12. The van der Waals surface area contributed by atoms with Gasteiger partial charge in [-0.2, -0.15) is 0 Å². The van der Waals surface area contributed by atoms with Crippen LogP contribution in [0.3, 0.4) is 0 Å². The number of halogens is 3. The summed E-state index contributed by atoms with van der Waals surface area (Å²) < 4.78 is 15.0. The maximum atomic E-state index is 13.3. The first kappa shape index (κ1) is 16.2. The highest BCUT2D eigenvalue weighted by Crippen LogP contribution is 2.35. The van der Waals surface area contributed by atoms with Crippen LogP contribution in [0.25, 0.3) is 0 Å². The van der Waals surface area contributed by atoms with Gasteiger partial charge in [0, 0.05) is 8.45 Å². The van der Waals surface area contributed by atoms with Gasteiger partial charge in [0.15, 0.2) is 0 Å². The number of hydrogen-bond acceptors (Lipinski definition) is 2. The standard InChI is InChI=1S/C15H16ClFINS/c1-3-6-19-14(13-7-9(2)15(16)20-13)11-5-4-10(17)8-12(11)18/h4-5,7-8,14,19H,3,6H2,1-2H3. The Bertz CT molecular complexity index is 580. The largest absolute Gasteiger partial charge is 0.306 e. The van der Waals surface area contributed by atoms with Gasteiger partial charge >= 0.3 is 0 Å². The SMILES string of the molecule is CCCNC(c1cc(C)c(Cl)s1)c1ccc(F)cc1I. The molecule has 1 unspecified atom stereocenters. The first-order valence-corrected chi connectivity index (χ1v) is 8.74. The Kier molecular flexibility index (Phi) is 5.84. The molecule has 20 heavy (non-hydrogen) atoms. The Labute approximate surface area is 141 Å². The van der Waals surface area contributed by atoms with E-state index in [1.54, 1.807) is 17.4 Å². The van der Waals surface area contributed by atoms with Gasteiger partial charge in [-0.05, 0) is 71.8 Å². The minimum absolute atomic E-state index is 0.0682. The molecule has 1 aromatic carbocycles. The van der Waals surface area contributed by atoms with Crippen LogP contribution in [0.5, 0.6) is 0 Å². The van der Waals surface area contributed by atoms with Gasteiger partial charge < -0.3 is 5.32 Å². The maximum absolute atomic E-state index is 13.3. The molecule has 0 aliphatic heterocycles. The summed E-state index contributed by atoms with van der Waals surface area (Å²) in [5.74, 6) is -0.201. The van der Waals surface area contributed by atoms with E-state index in [9.17, 15) is 4.39 Å². The molecule has 0 fully saturated rings. The summed E-state index contributed by atoms with van der Waals surface area (Å²) in [6.45, 7) is 5.05. The molecular weight excluding hydrogens is 408 g/mol. The molecule has 1 atom stereocenters. The van der Waals surface area contributed by atoms with Crippen LogP contribution in [0.15, 0.2) is 24.3 Å². The van der Waals surface area contributed by atoms with Crippen molar-refractivity contribution in [2.75, 3.05) is 6.54 Å². The van der Waals surface area contributed by atoms with E-state index in [2.05, 4.69) is 40.9 Å². The number of aryl methyl sites for hydroxylation is 1. The van der Waals surface area contributed by atoms with Gasteiger partial charge in [0.2, 0.25) is 0 Å². The molecule has 108 valence electrons. The van der Waals surface area contributed by atoms with Crippen LogP contribution in [0, 0.1) is 16.3 Å². The molecule has 1 N–H and O–H groups in total. The molecule has 0 saturated heterocycles. The Morgan fingerprint density at radius 2 is 2.15 bits per heavy atom. The van der Waals surface area contributed by atoms with Crippen molar-refractivity contribution < 1.29 is 4.39 Å². The second-order valence-electron chi connectivity index (χ2n) is 4.66. The van der Waals surface area contributed by atoms with Crippen LogP contribution in [0.2, 0.25) is 4.34 Å². The Hall–Kier alpha value is -0.170. The lowest BCUT2D eigenvalue weighted by molar-refractivity contribution is 0.596. The predicted molar refractivity (Wildman–Crippen MR) is 93.3 cm³/mol. The molecule has 0 amide bonds. The van der Waals surface area contributed by atoms with Crippen LogP contribution in [0.4, 0.5) is 4.39 Å². The molecule has 5 heteroatoms. The highest BCUT2D eigenvalue weighted by Gasteiger charge is 2.19. The van der Waals surface area contributed by atoms with Crippen LogP contribution in [0.1, 0.15) is 35.4 Å². The molecule has 0 aliphatic carbocycles. The summed E-state index contributed by atoms with van der Waals surface area (Å²) >= 11 is 9.96. The topological polar surface area (TPSA) is 12.0 Å². The van der Waals surface area contributed by atoms with Crippen molar-refractivity contribution in [2.45, 2.75) is 26.3 Å². The van der Waals surface area contributed by atoms with E-state index >= 15 is 0 Å². The highest BCUT2D eigenvalue weighted by atomic mass is 127. The predicted octanol–water partition coefficient (Wildman–Crippen LogP) is 5.54. The molecule has 2 aromatic rings. The average molecular weight is 424 g/mol. The van der Waals surface area contributed by atoms with E-state index < -0.39 is 0 Å². The van der Waals surface area contributed by atoms with Gasteiger partial charge in [-0.15, -0.1) is 11.3 Å². The van der Waals surface area contributed by atoms with Crippen LogP contribution in [-0.4, -0.2) is 6.54 Å². The zero-order chi connectivity index (χ0) is 14.7. The summed E-state index contributed by atoms with van der Waals surface area (Å²) in [7, 11) is 0. The minimum Gasteiger partial charge on any atom is -0.306 e. The number of rotatable bonds is 5. The average Bonchev–Trinajstić information content (AvgIpc) is 2.72. The normalized spacial score (nSPS) is 12.7. The van der Waals surface area contributed by atoms with Crippen molar-refractivity contribution in [3.63, 3.8) is 0 Å². The monoisotopic (exact) mass is 423 g/mol. The molecule has 1 aromatic heterocycles. The van der Waals surface area contributed by atoms with Crippen molar-refractivity contribution in [3.05, 3.63) is 54.0 Å². The number of thiophene rings is 1. The zero-order valence-corrected chi connectivity index (χ0v) is 15.1. The fourth-order valence-electron chi connectivity index (χ4n) is 2.01. The molecule has 0 spiro atoms. The molecule has 1 heterocycles. The second-order valence-corrected chi connectivity index (χ2v) is 7.51. The van der Waals surface area contributed by atoms with Crippen molar-refractivity contribution in [2.24, 2.45) is 0 Å². The quantitative estimate of drug-likeness (QED) is 0.622. The summed E-state index contributed by atoms with van der Waals surface area (Å²) in [5, 5.41) is 3.53. The number of hydrogen-bond donors (Lipinski definition) is 1. The second kappa shape index (κ2) is 7.20. The van der Waals surface area contributed by atoms with Gasteiger partial charge in [-0.25, -0.2) is 4.39 Å². The van der Waals surface area contributed by atoms with Crippen LogP contribution < -0.4 is 5.32 Å². The zero-order valence-electron chi connectivity index (χ0n) is 11.3. The van der Waals surface area contributed by atoms with Crippen molar-refractivity contribution in [1.82, 2.24) is 5.32 Å². The highest BCUT2D eigenvalue weighted by molar-refractivity contribution is 14.1. The summed E-state index contributed by atoms with van der Waals surface area (Å²) in [6.07, 6.45) is 1.05. The van der Waals surface area contributed by atoms with Crippen molar-refractivity contribution >= 4 is 45.5 Å². The minimum atomic E-state index is -0.201. The van der Waals surface area contributed by atoms with Gasteiger partial charge in [-0.3, -0.25) is 0 Å². The summed E-state index contributed by atoms with van der Waals surface area (Å²) in [5.41, 5.74) is 2.19. The van der Waals surface area contributed by atoms with E-state index in [-0.39, 0.29) is 11.9 Å². The van der Waals surface area contributed by atoms with E-state index in [4.69, 9.17) is 11.6 Å². The van der Waals surface area contributed by atoms with Gasteiger partial charge in [-0.1, -0.05) is 24.6 Å². The van der Waals surface area contributed by atoms with Gasteiger partial charge in [0.25, 0.3) is 0 Å². The lowest BCUT2D eigenvalue weighted by Crippen LogP contribution is -2.23. The van der Waals surface area contributed by atoms with E-state index in [0.29, 0.717) is 0 Å². The van der Waals surface area contributed by atoms with Crippen LogP contribution in [-0.2, 0) is 0 Å². The third kappa shape index (κ3) is 3.72. The Morgan fingerprint density at radius 1 is 1.40 bits per heavy atom. The van der Waals surface area contributed by atoms with E-state index in [0.717, 1.165) is 32.0 Å². The lowest BCUT2D eigenvalue weighted by atomic mass is 10.0. The molecule has 1 nitrogen and oxygen atoms in total. The third-order valence-corrected chi connectivity index (χ3v) is 5.59. The van der Waals surface area contributed by atoms with E-state index in [1.165, 1.54) is 10.9 Å². The fourth-order valence-corrected chi connectivity index (χ4v) is 4.12. The first-order valence-electron chi connectivity index (χ1n) is 6.47. The molecule has 0 radical (unpaired) electrons.